The van der Waals surface area contributed by atoms with Gasteiger partial charge in [-0.25, -0.2) is 4.98 Å². The minimum absolute atomic E-state index is 0.331. The Bertz CT molecular complexity index is 816. The molecular weight excluding hydrogens is 250 g/mol. The van der Waals surface area contributed by atoms with E-state index < -0.39 is 0 Å². The first-order valence-electron chi connectivity index (χ1n) is 6.12. The van der Waals surface area contributed by atoms with E-state index in [1.54, 1.807) is 12.4 Å². The van der Waals surface area contributed by atoms with Crippen molar-refractivity contribution in [3.8, 4) is 23.1 Å². The first-order valence-corrected chi connectivity index (χ1v) is 6.12. The van der Waals surface area contributed by atoms with E-state index in [1.807, 2.05) is 36.4 Å². The van der Waals surface area contributed by atoms with Gasteiger partial charge in [-0.1, -0.05) is 24.3 Å². The zero-order valence-corrected chi connectivity index (χ0v) is 10.9. The topological polar surface area (TPSA) is 58.8 Å². The first-order chi connectivity index (χ1) is 9.85. The minimum atomic E-state index is 0.331. The molecule has 2 heterocycles. The Morgan fingerprint density at radius 1 is 1.00 bits per heavy atom. The van der Waals surface area contributed by atoms with Crippen LogP contribution in [0.15, 0.2) is 48.8 Å². The van der Waals surface area contributed by atoms with Gasteiger partial charge in [-0.2, -0.15) is 5.26 Å². The molecule has 3 aromatic rings. The molecule has 0 bridgehead atoms. The number of hydrogen-bond acceptors (Lipinski definition) is 4. The molecule has 0 saturated heterocycles. The van der Waals surface area contributed by atoms with Crippen molar-refractivity contribution in [2.24, 2.45) is 0 Å². The van der Waals surface area contributed by atoms with E-state index in [1.165, 1.54) is 7.11 Å². The van der Waals surface area contributed by atoms with Gasteiger partial charge < -0.3 is 4.74 Å². The number of nitriles is 1. The summed E-state index contributed by atoms with van der Waals surface area (Å²) in [6, 6.07) is 13.8. The molecule has 0 aliphatic carbocycles. The first kappa shape index (κ1) is 12.1. The van der Waals surface area contributed by atoms with Crippen molar-refractivity contribution in [1.82, 2.24) is 9.97 Å². The van der Waals surface area contributed by atoms with E-state index in [2.05, 4.69) is 16.0 Å². The number of methoxy groups -OCH3 is 1. The number of ether oxygens (including phenoxy) is 1. The molecule has 3 rings (SSSR count). The zero-order valence-electron chi connectivity index (χ0n) is 10.9. The summed E-state index contributed by atoms with van der Waals surface area (Å²) in [4.78, 5) is 8.49. The Balaban J connectivity index is 2.35. The molecule has 0 amide bonds. The molecule has 1 aromatic carbocycles. The normalized spacial score (nSPS) is 10.2. The molecule has 0 spiro atoms. The van der Waals surface area contributed by atoms with Gasteiger partial charge in [0, 0.05) is 28.9 Å². The second-order valence-corrected chi connectivity index (χ2v) is 4.24. The van der Waals surface area contributed by atoms with Gasteiger partial charge in [-0.05, 0) is 12.1 Å². The molecule has 96 valence electrons. The van der Waals surface area contributed by atoms with Crippen molar-refractivity contribution in [2.45, 2.75) is 0 Å². The zero-order chi connectivity index (χ0) is 13.9. The van der Waals surface area contributed by atoms with Crippen molar-refractivity contribution >= 4 is 10.9 Å². The Kier molecular flexibility index (Phi) is 3.02. The van der Waals surface area contributed by atoms with Gasteiger partial charge in [-0.3, -0.25) is 4.98 Å². The third-order valence-corrected chi connectivity index (χ3v) is 3.14. The molecule has 0 atom stereocenters. The van der Waals surface area contributed by atoms with Gasteiger partial charge in [0.2, 0.25) is 5.88 Å². The van der Waals surface area contributed by atoms with E-state index in [-0.39, 0.29) is 0 Å². The summed E-state index contributed by atoms with van der Waals surface area (Å²) in [6.07, 6.45) is 3.38. The lowest BCUT2D eigenvalue weighted by Crippen LogP contribution is -1.95. The number of benzene rings is 1. The highest BCUT2D eigenvalue weighted by molar-refractivity contribution is 5.95. The molecule has 0 aliphatic heterocycles. The fraction of sp³-hybridized carbons (Fsp3) is 0.0625. The van der Waals surface area contributed by atoms with Crippen LogP contribution in [0.3, 0.4) is 0 Å². The van der Waals surface area contributed by atoms with Gasteiger partial charge in [0.05, 0.1) is 12.6 Å². The molecule has 0 aliphatic rings. The SMILES string of the molecule is COc1nccc(-c2cccc3cccnc23)c1C#N. The summed E-state index contributed by atoms with van der Waals surface area (Å²) in [5, 5.41) is 10.4. The van der Waals surface area contributed by atoms with Crippen LogP contribution in [0.5, 0.6) is 5.88 Å². The van der Waals surface area contributed by atoms with Gasteiger partial charge >= 0.3 is 0 Å². The van der Waals surface area contributed by atoms with E-state index in [0.29, 0.717) is 11.4 Å². The lowest BCUT2D eigenvalue weighted by Gasteiger charge is -2.09. The fourth-order valence-electron chi connectivity index (χ4n) is 2.25. The van der Waals surface area contributed by atoms with Crippen LogP contribution in [0.25, 0.3) is 22.0 Å². The van der Waals surface area contributed by atoms with Crippen molar-refractivity contribution in [3.63, 3.8) is 0 Å². The number of para-hydroxylation sites is 1. The molecule has 4 heteroatoms. The predicted molar refractivity (Wildman–Crippen MR) is 76.2 cm³/mol. The van der Waals surface area contributed by atoms with Crippen LogP contribution in [-0.4, -0.2) is 17.1 Å². The summed E-state index contributed by atoms with van der Waals surface area (Å²) in [5.41, 5.74) is 2.97. The van der Waals surface area contributed by atoms with Crippen molar-refractivity contribution < 1.29 is 4.74 Å². The lowest BCUT2D eigenvalue weighted by atomic mass is 9.99. The highest BCUT2D eigenvalue weighted by Gasteiger charge is 2.14. The van der Waals surface area contributed by atoms with Gasteiger partial charge in [0.25, 0.3) is 0 Å². The molecule has 0 fully saturated rings. The number of rotatable bonds is 2. The second kappa shape index (κ2) is 4.98. The van der Waals surface area contributed by atoms with Gasteiger partial charge in [0.1, 0.15) is 11.6 Å². The van der Waals surface area contributed by atoms with E-state index >= 15 is 0 Å². The summed E-state index contributed by atoms with van der Waals surface area (Å²) in [7, 11) is 1.51. The van der Waals surface area contributed by atoms with E-state index in [0.717, 1.165) is 22.0 Å². The molecule has 4 nitrogen and oxygen atoms in total. The Morgan fingerprint density at radius 2 is 1.85 bits per heavy atom. The molecular formula is C16H11N3O. The second-order valence-electron chi connectivity index (χ2n) is 4.24. The number of aromatic nitrogens is 2. The molecule has 0 saturated carbocycles. The Morgan fingerprint density at radius 3 is 2.65 bits per heavy atom. The van der Waals surface area contributed by atoms with Crippen molar-refractivity contribution in [2.75, 3.05) is 7.11 Å². The van der Waals surface area contributed by atoms with Crippen LogP contribution in [0, 0.1) is 11.3 Å². The molecule has 0 radical (unpaired) electrons. The third-order valence-electron chi connectivity index (χ3n) is 3.14. The standard InChI is InChI=1S/C16H11N3O/c1-20-16-14(10-17)12(7-9-19-16)13-6-2-4-11-5-3-8-18-15(11)13/h2-9H,1H3. The van der Waals surface area contributed by atoms with Crippen molar-refractivity contribution in [1.29, 1.82) is 5.26 Å². The van der Waals surface area contributed by atoms with Crippen LogP contribution in [-0.2, 0) is 0 Å². The fourth-order valence-corrected chi connectivity index (χ4v) is 2.25. The van der Waals surface area contributed by atoms with Crippen LogP contribution < -0.4 is 4.74 Å². The summed E-state index contributed by atoms with van der Waals surface area (Å²) in [5.74, 6) is 0.331. The van der Waals surface area contributed by atoms with E-state index in [4.69, 9.17) is 4.74 Å². The third kappa shape index (κ3) is 1.86. The Labute approximate surface area is 116 Å². The van der Waals surface area contributed by atoms with Crippen LogP contribution in [0.4, 0.5) is 0 Å². The van der Waals surface area contributed by atoms with E-state index in [9.17, 15) is 5.26 Å². The average molecular weight is 261 g/mol. The van der Waals surface area contributed by atoms with Crippen molar-refractivity contribution in [3.05, 3.63) is 54.4 Å². The Hall–Kier alpha value is -2.93. The summed E-state index contributed by atoms with van der Waals surface area (Å²) < 4.78 is 5.16. The lowest BCUT2D eigenvalue weighted by molar-refractivity contribution is 0.397. The maximum Gasteiger partial charge on any atom is 0.232 e. The molecule has 20 heavy (non-hydrogen) atoms. The highest BCUT2D eigenvalue weighted by atomic mass is 16.5. The highest BCUT2D eigenvalue weighted by Crippen LogP contribution is 2.32. The molecule has 0 unspecified atom stereocenters. The molecule has 2 aromatic heterocycles. The van der Waals surface area contributed by atoms with Gasteiger partial charge in [-0.15, -0.1) is 0 Å². The van der Waals surface area contributed by atoms with Crippen LogP contribution in [0.2, 0.25) is 0 Å². The largest absolute Gasteiger partial charge is 0.480 e. The number of fused-ring (bicyclic) bond motifs is 1. The number of nitrogens with zero attached hydrogens (tertiary/aromatic N) is 3. The number of pyridine rings is 2. The monoisotopic (exact) mass is 261 g/mol. The minimum Gasteiger partial charge on any atom is -0.480 e. The maximum atomic E-state index is 9.37. The average Bonchev–Trinajstić information content (AvgIpc) is 2.53. The summed E-state index contributed by atoms with van der Waals surface area (Å²) in [6.45, 7) is 0. The summed E-state index contributed by atoms with van der Waals surface area (Å²) >= 11 is 0. The van der Waals surface area contributed by atoms with Gasteiger partial charge in [0.15, 0.2) is 0 Å². The molecule has 0 N–H and O–H groups in total. The quantitative estimate of drug-likeness (QED) is 0.711. The smallest absolute Gasteiger partial charge is 0.232 e. The van der Waals surface area contributed by atoms with Crippen LogP contribution in [0.1, 0.15) is 5.56 Å². The number of hydrogen-bond donors (Lipinski definition) is 0. The van der Waals surface area contributed by atoms with Crippen LogP contribution >= 0.6 is 0 Å². The maximum absolute atomic E-state index is 9.37. The predicted octanol–water partition coefficient (Wildman–Crippen LogP) is 3.18.